The summed E-state index contributed by atoms with van der Waals surface area (Å²) < 4.78 is 5.97. The van der Waals surface area contributed by atoms with Crippen LogP contribution >= 0.6 is 0 Å². The van der Waals surface area contributed by atoms with Crippen molar-refractivity contribution in [3.05, 3.63) is 29.3 Å². The summed E-state index contributed by atoms with van der Waals surface area (Å²) >= 11 is 0. The molecule has 0 aliphatic carbocycles. The summed E-state index contributed by atoms with van der Waals surface area (Å²) in [7, 11) is 0. The molecule has 3 unspecified atom stereocenters. The lowest BCUT2D eigenvalue weighted by Crippen LogP contribution is -2.49. The predicted octanol–water partition coefficient (Wildman–Crippen LogP) is 2.21. The molecule has 21 heavy (non-hydrogen) atoms. The van der Waals surface area contributed by atoms with E-state index in [1.807, 2.05) is 19.1 Å². The number of rotatable bonds is 4. The van der Waals surface area contributed by atoms with Crippen molar-refractivity contribution in [1.82, 2.24) is 10.2 Å². The van der Waals surface area contributed by atoms with Crippen molar-refractivity contribution < 1.29 is 9.84 Å². The van der Waals surface area contributed by atoms with E-state index in [2.05, 4.69) is 17.1 Å². The Morgan fingerprint density at radius 1 is 1.48 bits per heavy atom. The Hall–Kier alpha value is -1.10. The van der Waals surface area contributed by atoms with Gasteiger partial charge in [-0.2, -0.15) is 0 Å². The summed E-state index contributed by atoms with van der Waals surface area (Å²) in [5.74, 6) is 0.366. The zero-order valence-corrected chi connectivity index (χ0v) is 13.0. The van der Waals surface area contributed by atoms with Crippen molar-refractivity contribution in [3.63, 3.8) is 0 Å². The van der Waals surface area contributed by atoms with Crippen molar-refractivity contribution in [2.45, 2.75) is 44.9 Å². The van der Waals surface area contributed by atoms with Gasteiger partial charge in [0, 0.05) is 30.7 Å². The number of nitrogens with one attached hydrogen (secondary N) is 1. The second-order valence-electron chi connectivity index (χ2n) is 6.44. The van der Waals surface area contributed by atoms with E-state index in [1.165, 1.54) is 24.9 Å². The average Bonchev–Trinajstić information content (AvgIpc) is 2.94. The van der Waals surface area contributed by atoms with E-state index < -0.39 is 0 Å². The second-order valence-corrected chi connectivity index (χ2v) is 6.44. The van der Waals surface area contributed by atoms with Crippen LogP contribution in [0.3, 0.4) is 0 Å². The molecule has 0 aromatic heterocycles. The van der Waals surface area contributed by atoms with Gasteiger partial charge in [0.15, 0.2) is 0 Å². The zero-order valence-electron chi connectivity index (χ0n) is 13.0. The number of aryl methyl sites for hydroxylation is 1. The molecular formula is C17H26N2O2. The molecule has 0 saturated carbocycles. The zero-order chi connectivity index (χ0) is 14.8. The van der Waals surface area contributed by atoms with Crippen LogP contribution in [0.5, 0.6) is 5.75 Å². The van der Waals surface area contributed by atoms with E-state index in [0.717, 1.165) is 25.3 Å². The summed E-state index contributed by atoms with van der Waals surface area (Å²) in [6.45, 7) is 8.10. The number of ether oxygens (including phenoxy) is 1. The van der Waals surface area contributed by atoms with Gasteiger partial charge in [0.25, 0.3) is 0 Å². The van der Waals surface area contributed by atoms with Gasteiger partial charge in [-0.25, -0.2) is 0 Å². The molecule has 2 aliphatic rings. The standard InChI is InChI=1S/C17H26N2O2/c1-12-5-6-17(20)16(8-12)13(2)18-9-15-10-19-7-3-4-14(19)11-21-15/h5-6,8,13-15,18,20H,3-4,7,9-11H2,1-2H3. The SMILES string of the molecule is Cc1ccc(O)c(C(C)NCC2CN3CCCC3CO2)c1. The molecule has 4 heteroatoms. The highest BCUT2D eigenvalue weighted by Crippen LogP contribution is 2.26. The van der Waals surface area contributed by atoms with Crippen LogP contribution in [0, 0.1) is 6.92 Å². The van der Waals surface area contributed by atoms with Gasteiger partial charge >= 0.3 is 0 Å². The van der Waals surface area contributed by atoms with Crippen LogP contribution in [0.1, 0.15) is 36.9 Å². The normalized spacial score (nSPS) is 27.5. The quantitative estimate of drug-likeness (QED) is 0.892. The number of phenols is 1. The van der Waals surface area contributed by atoms with E-state index >= 15 is 0 Å². The number of nitrogens with zero attached hydrogens (tertiary/aromatic N) is 1. The molecule has 4 nitrogen and oxygen atoms in total. The van der Waals surface area contributed by atoms with Crippen LogP contribution in [-0.2, 0) is 4.74 Å². The summed E-state index contributed by atoms with van der Waals surface area (Å²) in [6, 6.07) is 6.54. The first-order chi connectivity index (χ1) is 10.1. The number of phenolic OH excluding ortho intramolecular Hbond substituents is 1. The van der Waals surface area contributed by atoms with Crippen molar-refractivity contribution in [1.29, 1.82) is 0 Å². The smallest absolute Gasteiger partial charge is 0.120 e. The van der Waals surface area contributed by atoms with Gasteiger partial charge in [-0.1, -0.05) is 17.7 Å². The molecule has 1 aromatic rings. The number of hydrogen-bond acceptors (Lipinski definition) is 4. The summed E-state index contributed by atoms with van der Waals surface area (Å²) in [4.78, 5) is 2.56. The monoisotopic (exact) mass is 290 g/mol. The van der Waals surface area contributed by atoms with E-state index in [1.54, 1.807) is 6.07 Å². The fraction of sp³-hybridized carbons (Fsp3) is 0.647. The minimum absolute atomic E-state index is 0.129. The molecule has 2 heterocycles. The Kier molecular flexibility index (Phi) is 4.48. The van der Waals surface area contributed by atoms with E-state index in [4.69, 9.17) is 4.74 Å². The molecule has 116 valence electrons. The molecule has 2 aliphatic heterocycles. The van der Waals surface area contributed by atoms with E-state index in [0.29, 0.717) is 11.8 Å². The van der Waals surface area contributed by atoms with Crippen molar-refractivity contribution in [2.24, 2.45) is 0 Å². The summed E-state index contributed by atoms with van der Waals surface area (Å²) in [5, 5.41) is 13.5. The van der Waals surface area contributed by atoms with Gasteiger partial charge in [0.2, 0.25) is 0 Å². The minimum atomic E-state index is 0.129. The molecule has 2 fully saturated rings. The van der Waals surface area contributed by atoms with Gasteiger partial charge < -0.3 is 15.2 Å². The van der Waals surface area contributed by atoms with Crippen LogP contribution in [0.4, 0.5) is 0 Å². The lowest BCUT2D eigenvalue weighted by atomic mass is 10.0. The highest BCUT2D eigenvalue weighted by atomic mass is 16.5. The molecule has 3 rings (SSSR count). The third-order valence-corrected chi connectivity index (χ3v) is 4.76. The highest BCUT2D eigenvalue weighted by Gasteiger charge is 2.32. The molecule has 0 amide bonds. The molecule has 1 aromatic carbocycles. The maximum atomic E-state index is 9.99. The van der Waals surface area contributed by atoms with E-state index in [-0.39, 0.29) is 12.1 Å². The summed E-state index contributed by atoms with van der Waals surface area (Å²) in [6.07, 6.45) is 2.85. The summed E-state index contributed by atoms with van der Waals surface area (Å²) in [5.41, 5.74) is 2.13. The van der Waals surface area contributed by atoms with Gasteiger partial charge in [0.05, 0.1) is 12.7 Å². The molecule has 0 radical (unpaired) electrons. The molecule has 0 spiro atoms. The van der Waals surface area contributed by atoms with Gasteiger partial charge in [-0.3, -0.25) is 4.90 Å². The second kappa shape index (κ2) is 6.34. The number of benzene rings is 1. The maximum absolute atomic E-state index is 9.99. The largest absolute Gasteiger partial charge is 0.508 e. The Balaban J connectivity index is 1.53. The van der Waals surface area contributed by atoms with Gasteiger partial charge in [0.1, 0.15) is 5.75 Å². The van der Waals surface area contributed by atoms with Gasteiger partial charge in [-0.15, -0.1) is 0 Å². The third kappa shape index (κ3) is 3.39. The Morgan fingerprint density at radius 2 is 2.33 bits per heavy atom. The minimum Gasteiger partial charge on any atom is -0.508 e. The first-order valence-corrected chi connectivity index (χ1v) is 8.02. The third-order valence-electron chi connectivity index (χ3n) is 4.76. The fourth-order valence-corrected chi connectivity index (χ4v) is 3.45. The van der Waals surface area contributed by atoms with E-state index in [9.17, 15) is 5.11 Å². The molecule has 0 bridgehead atoms. The van der Waals surface area contributed by atoms with Crippen LogP contribution < -0.4 is 5.32 Å². The highest BCUT2D eigenvalue weighted by molar-refractivity contribution is 5.37. The van der Waals surface area contributed by atoms with Crippen LogP contribution in [0.15, 0.2) is 18.2 Å². The fourth-order valence-electron chi connectivity index (χ4n) is 3.45. The number of hydrogen-bond donors (Lipinski definition) is 2. The number of fused-ring (bicyclic) bond motifs is 1. The maximum Gasteiger partial charge on any atom is 0.120 e. The van der Waals surface area contributed by atoms with Crippen LogP contribution in [0.25, 0.3) is 0 Å². The van der Waals surface area contributed by atoms with Crippen molar-refractivity contribution in [2.75, 3.05) is 26.2 Å². The Labute approximate surface area is 127 Å². The van der Waals surface area contributed by atoms with Crippen LogP contribution in [0.2, 0.25) is 0 Å². The molecule has 2 N–H and O–H groups in total. The topological polar surface area (TPSA) is 44.7 Å². The first-order valence-electron chi connectivity index (χ1n) is 8.02. The molecule has 2 saturated heterocycles. The molecule has 3 atom stereocenters. The Morgan fingerprint density at radius 3 is 3.19 bits per heavy atom. The number of aromatic hydroxyl groups is 1. The van der Waals surface area contributed by atoms with Crippen molar-refractivity contribution >= 4 is 0 Å². The van der Waals surface area contributed by atoms with Gasteiger partial charge in [-0.05, 0) is 39.3 Å². The lowest BCUT2D eigenvalue weighted by molar-refractivity contribution is -0.0477. The van der Waals surface area contributed by atoms with Crippen LogP contribution in [-0.4, -0.2) is 48.4 Å². The average molecular weight is 290 g/mol. The van der Waals surface area contributed by atoms with Crippen molar-refractivity contribution in [3.8, 4) is 5.75 Å². The molecular weight excluding hydrogens is 264 g/mol. The first kappa shape index (κ1) is 14.8. The Bertz CT molecular complexity index is 492. The number of morpholine rings is 1. The predicted molar refractivity (Wildman–Crippen MR) is 83.6 cm³/mol. The lowest BCUT2D eigenvalue weighted by Gasteiger charge is -2.35.